The lowest BCUT2D eigenvalue weighted by atomic mass is 10.2. The summed E-state index contributed by atoms with van der Waals surface area (Å²) in [7, 11) is 0. The van der Waals surface area contributed by atoms with E-state index in [0.717, 1.165) is 0 Å². The van der Waals surface area contributed by atoms with Gasteiger partial charge >= 0.3 is 5.97 Å². The van der Waals surface area contributed by atoms with Crippen molar-refractivity contribution >= 4 is 16.9 Å². The molecule has 5 nitrogen and oxygen atoms in total. The van der Waals surface area contributed by atoms with Gasteiger partial charge in [0.15, 0.2) is 0 Å². The fourth-order valence-corrected chi connectivity index (χ4v) is 2.16. The molecule has 0 aliphatic rings. The summed E-state index contributed by atoms with van der Waals surface area (Å²) < 4.78 is 14.8. The molecule has 3 aromatic rings. The molecule has 1 aromatic carbocycles. The number of hydrogen-bond acceptors (Lipinski definition) is 3. The molecule has 100 valence electrons. The Morgan fingerprint density at radius 1 is 1.30 bits per heavy atom. The van der Waals surface area contributed by atoms with Gasteiger partial charge in [-0.2, -0.15) is 0 Å². The first-order valence-electron chi connectivity index (χ1n) is 5.92. The molecule has 0 saturated heterocycles. The molecule has 0 amide bonds. The molecule has 0 unspecified atom stereocenters. The fourth-order valence-electron chi connectivity index (χ4n) is 2.16. The van der Waals surface area contributed by atoms with Crippen molar-refractivity contribution in [1.82, 2.24) is 14.5 Å². The van der Waals surface area contributed by atoms with Crippen LogP contribution in [0.5, 0.6) is 0 Å². The van der Waals surface area contributed by atoms with Crippen LogP contribution in [0, 0.1) is 5.82 Å². The van der Waals surface area contributed by atoms with Gasteiger partial charge in [0.25, 0.3) is 0 Å². The molecular formula is C14H10FN3O2. The summed E-state index contributed by atoms with van der Waals surface area (Å²) >= 11 is 0. The minimum Gasteiger partial charge on any atom is -0.477 e. The average molecular weight is 271 g/mol. The van der Waals surface area contributed by atoms with E-state index < -0.39 is 11.8 Å². The molecule has 0 aliphatic carbocycles. The minimum absolute atomic E-state index is 0.101. The molecule has 2 aromatic heterocycles. The molecule has 0 fully saturated rings. The Bertz CT molecular complexity index is 784. The highest BCUT2D eigenvalue weighted by Gasteiger charge is 2.15. The number of aromatic nitrogens is 3. The van der Waals surface area contributed by atoms with Crippen molar-refractivity contribution in [3.8, 4) is 0 Å². The van der Waals surface area contributed by atoms with Gasteiger partial charge in [0.2, 0.25) is 0 Å². The van der Waals surface area contributed by atoms with Crippen molar-refractivity contribution in [2.45, 2.75) is 6.54 Å². The smallest absolute Gasteiger partial charge is 0.352 e. The van der Waals surface area contributed by atoms with Crippen LogP contribution >= 0.6 is 0 Å². The van der Waals surface area contributed by atoms with Gasteiger partial charge in [0, 0.05) is 17.1 Å². The van der Waals surface area contributed by atoms with E-state index in [1.54, 1.807) is 22.9 Å². The van der Waals surface area contributed by atoms with E-state index in [4.69, 9.17) is 0 Å². The lowest BCUT2D eigenvalue weighted by Crippen LogP contribution is -2.10. The second kappa shape index (κ2) is 4.73. The van der Waals surface area contributed by atoms with E-state index >= 15 is 0 Å². The SMILES string of the molecule is O=C(O)c1cc2cc(F)ccc2n1Cc1ccncn1. The maximum atomic E-state index is 13.2. The van der Waals surface area contributed by atoms with Crippen LogP contribution in [0.3, 0.4) is 0 Å². The molecule has 0 aliphatic heterocycles. The summed E-state index contributed by atoms with van der Waals surface area (Å²) in [6.07, 6.45) is 3.00. The van der Waals surface area contributed by atoms with E-state index in [1.807, 2.05) is 0 Å². The fraction of sp³-hybridized carbons (Fsp3) is 0.0714. The van der Waals surface area contributed by atoms with Gasteiger partial charge in [-0.15, -0.1) is 0 Å². The number of carboxylic acid groups (broad SMARTS) is 1. The molecular weight excluding hydrogens is 261 g/mol. The standard InChI is InChI=1S/C14H10FN3O2/c15-10-1-2-12-9(5-10)6-13(14(19)20)18(12)7-11-3-4-16-8-17-11/h1-6,8H,7H2,(H,19,20). The van der Waals surface area contributed by atoms with Crippen molar-refractivity contribution in [2.75, 3.05) is 0 Å². The van der Waals surface area contributed by atoms with Crippen molar-refractivity contribution in [3.05, 3.63) is 60.1 Å². The molecule has 0 bridgehead atoms. The monoisotopic (exact) mass is 271 g/mol. The van der Waals surface area contributed by atoms with Crippen LogP contribution in [0.2, 0.25) is 0 Å². The van der Waals surface area contributed by atoms with Gasteiger partial charge in [-0.05, 0) is 30.3 Å². The van der Waals surface area contributed by atoms with E-state index in [2.05, 4.69) is 9.97 Å². The van der Waals surface area contributed by atoms with Gasteiger partial charge in [0.1, 0.15) is 17.8 Å². The van der Waals surface area contributed by atoms with Crippen molar-refractivity contribution in [1.29, 1.82) is 0 Å². The normalized spacial score (nSPS) is 10.8. The van der Waals surface area contributed by atoms with Crippen molar-refractivity contribution in [2.24, 2.45) is 0 Å². The molecule has 0 atom stereocenters. The van der Waals surface area contributed by atoms with Gasteiger partial charge in [-0.3, -0.25) is 0 Å². The van der Waals surface area contributed by atoms with Crippen LogP contribution in [0.1, 0.15) is 16.2 Å². The number of carbonyl (C=O) groups is 1. The van der Waals surface area contributed by atoms with Crippen molar-refractivity contribution < 1.29 is 14.3 Å². The van der Waals surface area contributed by atoms with Crippen LogP contribution in [0.4, 0.5) is 4.39 Å². The Morgan fingerprint density at radius 2 is 2.15 bits per heavy atom. The highest BCUT2D eigenvalue weighted by atomic mass is 19.1. The summed E-state index contributed by atoms with van der Waals surface area (Å²) in [4.78, 5) is 19.2. The molecule has 0 radical (unpaired) electrons. The zero-order valence-electron chi connectivity index (χ0n) is 10.3. The van der Waals surface area contributed by atoms with E-state index in [-0.39, 0.29) is 5.69 Å². The number of halogens is 1. The van der Waals surface area contributed by atoms with Gasteiger partial charge in [0.05, 0.1) is 12.2 Å². The molecule has 2 heterocycles. The predicted octanol–water partition coefficient (Wildman–Crippen LogP) is 2.32. The van der Waals surface area contributed by atoms with E-state index in [1.165, 1.54) is 24.5 Å². The van der Waals surface area contributed by atoms with Crippen LogP contribution in [0.25, 0.3) is 10.9 Å². The van der Waals surface area contributed by atoms with Crippen LogP contribution in [-0.2, 0) is 6.54 Å². The van der Waals surface area contributed by atoms with Crippen LogP contribution in [-0.4, -0.2) is 25.6 Å². The molecule has 1 N–H and O–H groups in total. The Morgan fingerprint density at radius 3 is 2.85 bits per heavy atom. The number of benzene rings is 1. The first kappa shape index (κ1) is 12.3. The lowest BCUT2D eigenvalue weighted by Gasteiger charge is -2.07. The maximum Gasteiger partial charge on any atom is 0.352 e. The van der Waals surface area contributed by atoms with E-state index in [9.17, 15) is 14.3 Å². The predicted molar refractivity (Wildman–Crippen MR) is 70.0 cm³/mol. The molecule has 6 heteroatoms. The number of hydrogen-bond donors (Lipinski definition) is 1. The third-order valence-electron chi connectivity index (χ3n) is 3.05. The topological polar surface area (TPSA) is 68.0 Å². The summed E-state index contributed by atoms with van der Waals surface area (Å²) in [5.41, 5.74) is 1.44. The van der Waals surface area contributed by atoms with E-state index in [0.29, 0.717) is 23.1 Å². The Hall–Kier alpha value is -2.76. The molecule has 0 spiro atoms. The molecule has 0 saturated carbocycles. The largest absolute Gasteiger partial charge is 0.477 e. The zero-order valence-corrected chi connectivity index (χ0v) is 10.3. The Balaban J connectivity index is 2.16. The number of fused-ring (bicyclic) bond motifs is 1. The first-order chi connectivity index (χ1) is 9.65. The quantitative estimate of drug-likeness (QED) is 0.793. The second-order valence-corrected chi connectivity index (χ2v) is 4.32. The van der Waals surface area contributed by atoms with Crippen LogP contribution < -0.4 is 0 Å². The highest BCUT2D eigenvalue weighted by molar-refractivity contribution is 5.94. The average Bonchev–Trinajstić information content (AvgIpc) is 2.78. The summed E-state index contributed by atoms with van der Waals surface area (Å²) in [5, 5.41) is 9.82. The number of nitrogens with zero attached hydrogens (tertiary/aromatic N) is 3. The number of rotatable bonds is 3. The zero-order chi connectivity index (χ0) is 14.1. The maximum absolute atomic E-state index is 13.2. The third kappa shape index (κ3) is 2.11. The summed E-state index contributed by atoms with van der Waals surface area (Å²) in [6.45, 7) is 0.291. The second-order valence-electron chi connectivity index (χ2n) is 4.32. The Kier molecular flexibility index (Phi) is 2.90. The first-order valence-corrected chi connectivity index (χ1v) is 5.92. The van der Waals surface area contributed by atoms with Gasteiger partial charge < -0.3 is 9.67 Å². The third-order valence-corrected chi connectivity index (χ3v) is 3.05. The summed E-state index contributed by atoms with van der Waals surface area (Å²) in [6, 6.07) is 7.36. The Labute approximate surface area is 113 Å². The lowest BCUT2D eigenvalue weighted by molar-refractivity contribution is 0.0686. The van der Waals surface area contributed by atoms with Crippen LogP contribution in [0.15, 0.2) is 42.9 Å². The number of aromatic carboxylic acids is 1. The molecule has 3 rings (SSSR count). The van der Waals surface area contributed by atoms with Crippen molar-refractivity contribution in [3.63, 3.8) is 0 Å². The number of carboxylic acids is 1. The minimum atomic E-state index is -1.06. The summed E-state index contributed by atoms with van der Waals surface area (Å²) in [5.74, 6) is -1.45. The van der Waals surface area contributed by atoms with Gasteiger partial charge in [-0.25, -0.2) is 19.2 Å². The highest BCUT2D eigenvalue weighted by Crippen LogP contribution is 2.22. The van der Waals surface area contributed by atoms with Gasteiger partial charge in [-0.1, -0.05) is 0 Å². The molecule has 20 heavy (non-hydrogen) atoms.